The molecule has 5 rings (SSSR count). The number of pyridine rings is 1. The van der Waals surface area contributed by atoms with Crippen molar-refractivity contribution in [1.82, 2.24) is 20.0 Å². The van der Waals surface area contributed by atoms with Crippen molar-refractivity contribution in [3.63, 3.8) is 0 Å². The number of ether oxygens (including phenoxy) is 1. The van der Waals surface area contributed by atoms with Crippen LogP contribution in [0.4, 0.5) is 0 Å². The highest BCUT2D eigenvalue weighted by molar-refractivity contribution is 5.97. The zero-order chi connectivity index (χ0) is 20.7. The lowest BCUT2D eigenvalue weighted by Gasteiger charge is -2.20. The van der Waals surface area contributed by atoms with Gasteiger partial charge in [0.2, 0.25) is 5.88 Å². The number of hydroxylamine groups is 1. The molecule has 0 saturated carbocycles. The SMILES string of the molecule is COc1nc(C2=N[C@@H](c3cc4c(C)cccc4o3)CON2)ccc1-n1cnc(C)c1. The molecule has 4 heterocycles. The van der Waals surface area contributed by atoms with E-state index in [2.05, 4.69) is 28.4 Å². The van der Waals surface area contributed by atoms with Gasteiger partial charge in [0.15, 0.2) is 5.84 Å². The van der Waals surface area contributed by atoms with Crippen molar-refractivity contribution >= 4 is 16.8 Å². The lowest BCUT2D eigenvalue weighted by atomic mass is 10.1. The predicted octanol–water partition coefficient (Wildman–Crippen LogP) is 3.66. The number of hydrogen-bond donors (Lipinski definition) is 1. The summed E-state index contributed by atoms with van der Waals surface area (Å²) < 4.78 is 13.4. The van der Waals surface area contributed by atoms with Gasteiger partial charge >= 0.3 is 0 Å². The maximum atomic E-state index is 6.03. The van der Waals surface area contributed by atoms with Crippen molar-refractivity contribution in [2.75, 3.05) is 13.7 Å². The Kier molecular flexibility index (Phi) is 4.48. The summed E-state index contributed by atoms with van der Waals surface area (Å²) >= 11 is 0. The van der Waals surface area contributed by atoms with Crippen molar-refractivity contribution in [3.05, 3.63) is 71.6 Å². The number of nitrogens with zero attached hydrogens (tertiary/aromatic N) is 4. The average Bonchev–Trinajstić information content (AvgIpc) is 3.40. The summed E-state index contributed by atoms with van der Waals surface area (Å²) in [4.78, 5) is 19.2. The zero-order valence-corrected chi connectivity index (χ0v) is 16.9. The molecule has 0 saturated heterocycles. The number of hydrogen-bond acceptors (Lipinski definition) is 7. The van der Waals surface area contributed by atoms with Crippen LogP contribution in [0.5, 0.6) is 5.88 Å². The van der Waals surface area contributed by atoms with Crippen LogP contribution in [-0.2, 0) is 4.84 Å². The molecule has 3 aromatic heterocycles. The van der Waals surface area contributed by atoms with Crippen molar-refractivity contribution in [2.45, 2.75) is 19.9 Å². The molecule has 0 bridgehead atoms. The first-order valence-corrected chi connectivity index (χ1v) is 9.63. The van der Waals surface area contributed by atoms with E-state index in [0.717, 1.165) is 28.1 Å². The first kappa shape index (κ1) is 18.4. The predicted molar refractivity (Wildman–Crippen MR) is 112 cm³/mol. The Labute approximate surface area is 173 Å². The van der Waals surface area contributed by atoms with Gasteiger partial charge in [-0.25, -0.2) is 15.4 Å². The minimum absolute atomic E-state index is 0.267. The standard InChI is InChI=1S/C22H21N5O3/c1-13-5-4-6-19-15(13)9-20(30-19)17-11-29-26-21(24-17)16-7-8-18(22(25-16)28-3)27-10-14(2)23-12-27/h4-10,12,17H,11H2,1-3H3,(H,24,26)/t17-/m1/s1. The molecule has 152 valence electrons. The van der Waals surface area contributed by atoms with Gasteiger partial charge < -0.3 is 13.7 Å². The smallest absolute Gasteiger partial charge is 0.238 e. The van der Waals surface area contributed by atoms with E-state index < -0.39 is 0 Å². The number of nitrogens with one attached hydrogen (secondary N) is 1. The highest BCUT2D eigenvalue weighted by Crippen LogP contribution is 2.30. The maximum Gasteiger partial charge on any atom is 0.238 e. The minimum atomic E-state index is -0.267. The van der Waals surface area contributed by atoms with Gasteiger partial charge in [0, 0.05) is 11.6 Å². The normalized spacial score (nSPS) is 16.4. The van der Waals surface area contributed by atoms with E-state index in [0.29, 0.717) is 24.0 Å². The summed E-state index contributed by atoms with van der Waals surface area (Å²) in [6, 6.07) is 11.6. The Bertz CT molecular complexity index is 1260. The van der Waals surface area contributed by atoms with Gasteiger partial charge in [0.25, 0.3) is 0 Å². The molecule has 0 fully saturated rings. The molecule has 1 N–H and O–H groups in total. The Morgan fingerprint density at radius 3 is 2.87 bits per heavy atom. The zero-order valence-electron chi connectivity index (χ0n) is 16.9. The summed E-state index contributed by atoms with van der Waals surface area (Å²) in [7, 11) is 1.59. The van der Waals surface area contributed by atoms with Crippen molar-refractivity contribution in [3.8, 4) is 11.6 Å². The molecule has 0 unspecified atom stereocenters. The van der Waals surface area contributed by atoms with Crippen LogP contribution in [0.3, 0.4) is 0 Å². The topological polar surface area (TPSA) is 86.7 Å². The maximum absolute atomic E-state index is 6.03. The monoisotopic (exact) mass is 403 g/mol. The second-order valence-electron chi connectivity index (χ2n) is 7.19. The van der Waals surface area contributed by atoms with Gasteiger partial charge in [0.1, 0.15) is 35.4 Å². The summed E-state index contributed by atoms with van der Waals surface area (Å²) in [6.07, 6.45) is 3.64. The number of amidine groups is 1. The third-order valence-electron chi connectivity index (χ3n) is 5.09. The molecule has 0 aliphatic carbocycles. The second-order valence-corrected chi connectivity index (χ2v) is 7.19. The molecule has 8 heteroatoms. The fraction of sp³-hybridized carbons (Fsp3) is 0.227. The van der Waals surface area contributed by atoms with Gasteiger partial charge in [-0.3, -0.25) is 9.83 Å². The summed E-state index contributed by atoms with van der Waals surface area (Å²) in [5.41, 5.74) is 7.20. The van der Waals surface area contributed by atoms with E-state index >= 15 is 0 Å². The van der Waals surface area contributed by atoms with Crippen LogP contribution in [0.15, 0.2) is 58.3 Å². The van der Waals surface area contributed by atoms with Crippen molar-refractivity contribution in [2.24, 2.45) is 4.99 Å². The van der Waals surface area contributed by atoms with Gasteiger partial charge in [0.05, 0.1) is 19.1 Å². The Morgan fingerprint density at radius 1 is 1.20 bits per heavy atom. The molecule has 0 radical (unpaired) electrons. The summed E-state index contributed by atoms with van der Waals surface area (Å²) in [5, 5.41) is 1.09. The van der Waals surface area contributed by atoms with Crippen LogP contribution in [0.2, 0.25) is 0 Å². The molecule has 1 atom stereocenters. The number of furan rings is 1. The number of aryl methyl sites for hydroxylation is 2. The molecule has 1 aliphatic heterocycles. The number of fused-ring (bicyclic) bond motifs is 1. The Hall–Kier alpha value is -3.65. The molecular weight excluding hydrogens is 382 g/mol. The minimum Gasteiger partial charge on any atom is -0.479 e. The largest absolute Gasteiger partial charge is 0.479 e. The van der Waals surface area contributed by atoms with E-state index in [-0.39, 0.29) is 6.04 Å². The molecule has 30 heavy (non-hydrogen) atoms. The highest BCUT2D eigenvalue weighted by atomic mass is 16.6. The third-order valence-corrected chi connectivity index (χ3v) is 5.09. The van der Waals surface area contributed by atoms with Crippen LogP contribution >= 0.6 is 0 Å². The first-order valence-electron chi connectivity index (χ1n) is 9.63. The molecule has 0 spiro atoms. The van der Waals surface area contributed by atoms with Gasteiger partial charge in [-0.05, 0) is 43.7 Å². The molecule has 0 amide bonds. The van der Waals surface area contributed by atoms with Crippen LogP contribution < -0.4 is 10.2 Å². The van der Waals surface area contributed by atoms with E-state index in [1.165, 1.54) is 5.56 Å². The number of aliphatic imine (C=N–C) groups is 1. The van der Waals surface area contributed by atoms with Gasteiger partial charge in [-0.1, -0.05) is 12.1 Å². The van der Waals surface area contributed by atoms with E-state index in [9.17, 15) is 0 Å². The number of rotatable bonds is 4. The fourth-order valence-corrected chi connectivity index (χ4v) is 3.53. The van der Waals surface area contributed by atoms with Crippen LogP contribution in [-0.4, -0.2) is 34.1 Å². The van der Waals surface area contributed by atoms with Gasteiger partial charge in [-0.15, -0.1) is 0 Å². The Balaban J connectivity index is 1.50. The first-order chi connectivity index (χ1) is 14.6. The lowest BCUT2D eigenvalue weighted by Crippen LogP contribution is -2.33. The summed E-state index contributed by atoms with van der Waals surface area (Å²) in [6.45, 7) is 4.36. The number of methoxy groups -OCH3 is 1. The quantitative estimate of drug-likeness (QED) is 0.560. The molecule has 1 aromatic carbocycles. The number of aromatic nitrogens is 3. The third kappa shape index (κ3) is 3.21. The van der Waals surface area contributed by atoms with Crippen LogP contribution in [0.25, 0.3) is 16.7 Å². The summed E-state index contributed by atoms with van der Waals surface area (Å²) in [5.74, 6) is 1.75. The van der Waals surface area contributed by atoms with Crippen molar-refractivity contribution in [1.29, 1.82) is 0 Å². The molecule has 8 nitrogen and oxygen atoms in total. The number of imidazole rings is 1. The highest BCUT2D eigenvalue weighted by Gasteiger charge is 2.23. The number of benzene rings is 1. The van der Waals surface area contributed by atoms with Crippen LogP contribution in [0, 0.1) is 13.8 Å². The van der Waals surface area contributed by atoms with E-state index in [1.54, 1.807) is 13.4 Å². The second kappa shape index (κ2) is 7.31. The van der Waals surface area contributed by atoms with Crippen molar-refractivity contribution < 1.29 is 14.0 Å². The van der Waals surface area contributed by atoms with Crippen LogP contribution in [0.1, 0.15) is 28.8 Å². The average molecular weight is 403 g/mol. The lowest BCUT2D eigenvalue weighted by molar-refractivity contribution is 0.0581. The van der Waals surface area contributed by atoms with Gasteiger partial charge in [-0.2, -0.15) is 0 Å². The molecule has 4 aromatic rings. The molecule has 1 aliphatic rings. The van der Waals surface area contributed by atoms with E-state index in [4.69, 9.17) is 19.0 Å². The van der Waals surface area contributed by atoms with E-state index in [1.807, 2.05) is 48.0 Å². The fourth-order valence-electron chi connectivity index (χ4n) is 3.53. The Morgan fingerprint density at radius 2 is 2.10 bits per heavy atom. The molecular formula is C22H21N5O3.